The number of carbonyl (C=O) groups excluding carboxylic acids is 1. The molecule has 1 saturated heterocycles. The van der Waals surface area contributed by atoms with Gasteiger partial charge in [0, 0.05) is 24.8 Å². The van der Waals surface area contributed by atoms with Crippen LogP contribution >= 0.6 is 11.3 Å². The standard InChI is InChI=1S/C27H24F3N7O3S/c1-39-14-16-10-7-13-37(16)24-20(33-25(41-24)27(28,29)30)23-35-36-26(40-23)34-21-22(38)31-18-12-6-5-11-17(18)19(32-21)15-8-3-2-4-9-15/h2-6,8-9,11-12,16,21H,7,10,13-14H2,1H3,(H,31,38)(H,34,36)/t16-,21?/m1/s1. The van der Waals surface area contributed by atoms with Gasteiger partial charge in [-0.05, 0) is 18.9 Å². The molecule has 1 fully saturated rings. The summed E-state index contributed by atoms with van der Waals surface area (Å²) in [5, 5.41) is 12.9. The molecule has 2 aromatic heterocycles. The highest BCUT2D eigenvalue weighted by molar-refractivity contribution is 7.16. The molecule has 0 aliphatic carbocycles. The van der Waals surface area contributed by atoms with Crippen molar-refractivity contribution >= 4 is 39.7 Å². The lowest BCUT2D eigenvalue weighted by molar-refractivity contribution is -0.137. The molecule has 2 aliphatic heterocycles. The minimum atomic E-state index is -4.65. The number of benzodiazepines with no additional fused rings is 1. The van der Waals surface area contributed by atoms with Crippen LogP contribution in [0.4, 0.5) is 29.9 Å². The predicted octanol–water partition coefficient (Wildman–Crippen LogP) is 5.05. The van der Waals surface area contributed by atoms with Gasteiger partial charge >= 0.3 is 12.2 Å². The summed E-state index contributed by atoms with van der Waals surface area (Å²) in [6.45, 7) is 0.899. The number of methoxy groups -OCH3 is 1. The van der Waals surface area contributed by atoms with E-state index in [0.717, 1.165) is 24.0 Å². The number of aliphatic imine (C=N–C) groups is 1. The lowest BCUT2D eigenvalue weighted by atomic mass is 10.0. The highest BCUT2D eigenvalue weighted by Gasteiger charge is 2.40. The molecule has 0 saturated carbocycles. The first kappa shape index (κ1) is 26.9. The van der Waals surface area contributed by atoms with Gasteiger partial charge < -0.3 is 24.7 Å². The van der Waals surface area contributed by atoms with Crippen LogP contribution in [0.5, 0.6) is 0 Å². The van der Waals surface area contributed by atoms with Crippen LogP contribution in [0.3, 0.4) is 0 Å². The van der Waals surface area contributed by atoms with E-state index in [1.165, 1.54) is 0 Å². The third-order valence-electron chi connectivity index (χ3n) is 6.73. The van der Waals surface area contributed by atoms with Crippen LogP contribution in [0.2, 0.25) is 0 Å². The molecule has 41 heavy (non-hydrogen) atoms. The van der Waals surface area contributed by atoms with E-state index < -0.39 is 23.3 Å². The first-order chi connectivity index (χ1) is 19.8. The molecule has 0 radical (unpaired) electrons. The van der Waals surface area contributed by atoms with Crippen LogP contribution in [-0.4, -0.2) is 59.3 Å². The number of carbonyl (C=O) groups is 1. The summed E-state index contributed by atoms with van der Waals surface area (Å²) in [6.07, 6.45) is -4.25. The Morgan fingerprint density at radius 2 is 1.93 bits per heavy atom. The van der Waals surface area contributed by atoms with Gasteiger partial charge in [-0.1, -0.05) is 65.0 Å². The summed E-state index contributed by atoms with van der Waals surface area (Å²) in [6, 6.07) is 16.3. The van der Waals surface area contributed by atoms with Crippen molar-refractivity contribution in [2.75, 3.05) is 35.8 Å². The van der Waals surface area contributed by atoms with E-state index in [-0.39, 0.29) is 28.6 Å². The van der Waals surface area contributed by atoms with Crippen molar-refractivity contribution in [2.24, 2.45) is 4.99 Å². The number of aromatic nitrogens is 3. The normalized spacial score (nSPS) is 19.0. The number of thiazole rings is 1. The number of nitrogens with zero attached hydrogens (tertiary/aromatic N) is 5. The van der Waals surface area contributed by atoms with Crippen molar-refractivity contribution in [1.82, 2.24) is 15.2 Å². The summed E-state index contributed by atoms with van der Waals surface area (Å²) < 4.78 is 52.1. The summed E-state index contributed by atoms with van der Waals surface area (Å²) in [7, 11) is 1.55. The third-order valence-corrected chi connectivity index (χ3v) is 7.87. The maximum absolute atomic E-state index is 13.7. The molecular formula is C27H24F3N7O3S. The van der Waals surface area contributed by atoms with Gasteiger partial charge in [-0.15, -0.1) is 5.10 Å². The number of para-hydroxylation sites is 1. The Morgan fingerprint density at radius 1 is 1.15 bits per heavy atom. The number of ether oxygens (including phenoxy) is 1. The molecule has 1 amide bonds. The average molecular weight is 584 g/mol. The van der Waals surface area contributed by atoms with Gasteiger partial charge in [0.2, 0.25) is 11.2 Å². The van der Waals surface area contributed by atoms with E-state index in [2.05, 4.69) is 30.8 Å². The molecule has 2 aromatic carbocycles. The lowest BCUT2D eigenvalue weighted by Crippen LogP contribution is -2.32. The van der Waals surface area contributed by atoms with E-state index in [0.29, 0.717) is 35.9 Å². The monoisotopic (exact) mass is 583 g/mol. The minimum Gasteiger partial charge on any atom is -0.402 e. The van der Waals surface area contributed by atoms with Gasteiger partial charge in [-0.25, -0.2) is 9.98 Å². The Kier molecular flexibility index (Phi) is 7.17. The van der Waals surface area contributed by atoms with Gasteiger partial charge in [0.1, 0.15) is 5.00 Å². The van der Waals surface area contributed by atoms with E-state index in [1.807, 2.05) is 47.4 Å². The number of fused-ring (bicyclic) bond motifs is 1. The molecule has 10 nitrogen and oxygen atoms in total. The van der Waals surface area contributed by atoms with Crippen molar-refractivity contribution in [3.05, 3.63) is 70.7 Å². The number of alkyl halides is 3. The van der Waals surface area contributed by atoms with Crippen LogP contribution in [0.15, 0.2) is 64.0 Å². The van der Waals surface area contributed by atoms with Crippen LogP contribution in [0.25, 0.3) is 11.6 Å². The quantitative estimate of drug-likeness (QED) is 0.310. The van der Waals surface area contributed by atoms with Gasteiger partial charge in [-0.2, -0.15) is 13.2 Å². The van der Waals surface area contributed by atoms with Gasteiger partial charge in [0.05, 0.1) is 24.0 Å². The third kappa shape index (κ3) is 5.39. The predicted molar refractivity (Wildman–Crippen MR) is 147 cm³/mol. The number of halogens is 3. The second-order valence-electron chi connectivity index (χ2n) is 9.45. The van der Waals surface area contributed by atoms with Crippen molar-refractivity contribution in [1.29, 1.82) is 0 Å². The average Bonchev–Trinajstić information content (AvgIpc) is 3.70. The van der Waals surface area contributed by atoms with Gasteiger partial charge in [-0.3, -0.25) is 4.79 Å². The number of amides is 1. The molecular weight excluding hydrogens is 559 g/mol. The zero-order valence-electron chi connectivity index (χ0n) is 21.7. The number of anilines is 3. The van der Waals surface area contributed by atoms with E-state index in [4.69, 9.17) is 9.15 Å². The Bertz CT molecular complexity index is 1590. The molecule has 2 N–H and O–H groups in total. The molecule has 212 valence electrons. The molecule has 6 rings (SSSR count). The van der Waals surface area contributed by atoms with Crippen molar-refractivity contribution < 1.29 is 27.1 Å². The Balaban J connectivity index is 1.34. The Morgan fingerprint density at radius 3 is 2.71 bits per heavy atom. The summed E-state index contributed by atoms with van der Waals surface area (Å²) in [4.78, 5) is 23.5. The van der Waals surface area contributed by atoms with Crippen molar-refractivity contribution in [2.45, 2.75) is 31.2 Å². The van der Waals surface area contributed by atoms with Gasteiger partial charge in [0.25, 0.3) is 11.8 Å². The van der Waals surface area contributed by atoms with E-state index >= 15 is 0 Å². The number of benzene rings is 2. The first-order valence-corrected chi connectivity index (χ1v) is 13.6. The van der Waals surface area contributed by atoms with Crippen molar-refractivity contribution in [3.8, 4) is 11.6 Å². The molecule has 0 spiro atoms. The number of nitrogens with one attached hydrogen (secondary N) is 2. The topological polar surface area (TPSA) is 118 Å². The summed E-state index contributed by atoms with van der Waals surface area (Å²) >= 11 is 0.527. The molecule has 14 heteroatoms. The second-order valence-corrected chi connectivity index (χ2v) is 10.4. The molecule has 2 aliphatic rings. The van der Waals surface area contributed by atoms with Gasteiger partial charge in [0.15, 0.2) is 5.69 Å². The smallest absolute Gasteiger partial charge is 0.402 e. The van der Waals surface area contributed by atoms with Crippen LogP contribution < -0.4 is 15.5 Å². The summed E-state index contributed by atoms with van der Waals surface area (Å²) in [5.41, 5.74) is 2.59. The molecule has 4 heterocycles. The highest BCUT2D eigenvalue weighted by atomic mass is 32.1. The number of hydrogen-bond acceptors (Lipinski definition) is 10. The zero-order chi connectivity index (χ0) is 28.6. The Hall–Kier alpha value is -4.30. The van der Waals surface area contributed by atoms with E-state index in [1.54, 1.807) is 19.2 Å². The maximum atomic E-state index is 13.7. The fraction of sp³-hybridized carbons (Fsp3) is 0.296. The molecule has 0 bridgehead atoms. The second kappa shape index (κ2) is 10.9. The lowest BCUT2D eigenvalue weighted by Gasteiger charge is -2.24. The first-order valence-electron chi connectivity index (χ1n) is 12.8. The SMILES string of the molecule is COC[C@H]1CCCN1c1sc(C(F)(F)F)nc1-c1nnc(NC2N=C(c3ccccc3)c3ccccc3NC2=O)o1. The highest BCUT2D eigenvalue weighted by Crippen LogP contribution is 2.44. The van der Waals surface area contributed by atoms with Crippen LogP contribution in [-0.2, 0) is 15.7 Å². The fourth-order valence-electron chi connectivity index (χ4n) is 4.91. The fourth-order valence-corrected chi connectivity index (χ4v) is 5.93. The zero-order valence-corrected chi connectivity index (χ0v) is 22.5. The maximum Gasteiger partial charge on any atom is 0.443 e. The number of hydrogen-bond donors (Lipinski definition) is 2. The van der Waals surface area contributed by atoms with E-state index in [9.17, 15) is 18.0 Å². The van der Waals surface area contributed by atoms with Crippen LogP contribution in [0, 0.1) is 0 Å². The molecule has 2 atom stereocenters. The minimum absolute atomic E-state index is 0.0722. The largest absolute Gasteiger partial charge is 0.443 e. The number of rotatable bonds is 7. The molecule has 4 aromatic rings. The summed E-state index contributed by atoms with van der Waals surface area (Å²) in [5.74, 6) is -0.682. The van der Waals surface area contributed by atoms with Crippen molar-refractivity contribution in [3.63, 3.8) is 0 Å². The Labute approximate surface area is 236 Å². The van der Waals surface area contributed by atoms with Crippen LogP contribution in [0.1, 0.15) is 29.0 Å². The molecule has 1 unspecified atom stereocenters.